The van der Waals surface area contributed by atoms with Crippen molar-refractivity contribution in [1.82, 2.24) is 59.9 Å². The van der Waals surface area contributed by atoms with Gasteiger partial charge in [-0.3, -0.25) is 19.2 Å². The van der Waals surface area contributed by atoms with E-state index in [0.29, 0.717) is 105 Å². The summed E-state index contributed by atoms with van der Waals surface area (Å²) in [5.74, 6) is -6.01. The number of likely N-dealkylation sites (tertiary alicyclic amines) is 3. The van der Waals surface area contributed by atoms with E-state index in [9.17, 15) is 76.3 Å². The van der Waals surface area contributed by atoms with Crippen molar-refractivity contribution in [2.45, 2.75) is 254 Å². The molecule has 0 aliphatic carbocycles. The van der Waals surface area contributed by atoms with E-state index in [1.165, 1.54) is 105 Å². The Balaban J connectivity index is 0.000000246. The first-order chi connectivity index (χ1) is 65.9. The van der Waals surface area contributed by atoms with Gasteiger partial charge >= 0.3 is 42.2 Å². The summed E-state index contributed by atoms with van der Waals surface area (Å²) in [6, 6.07) is 12.3. The van der Waals surface area contributed by atoms with Gasteiger partial charge in [-0.2, -0.15) is 0 Å². The fraction of sp³-hybridized carbons (Fsp3) is 0.596. The molecule has 4 aliphatic rings. The van der Waals surface area contributed by atoms with Crippen molar-refractivity contribution in [2.24, 2.45) is 47.3 Å². The summed E-state index contributed by atoms with van der Waals surface area (Å²) < 4.78 is 110. The Morgan fingerprint density at radius 2 is 0.759 bits per heavy atom. The number of halogens is 8. The highest BCUT2D eigenvalue weighted by Gasteiger charge is 2.45. The number of aliphatic hydroxyl groups is 3. The summed E-state index contributed by atoms with van der Waals surface area (Å²) >= 11 is 16.1. The first kappa shape index (κ1) is 118. The van der Waals surface area contributed by atoms with E-state index in [1.807, 2.05) is 41.5 Å². The van der Waals surface area contributed by atoms with Crippen molar-refractivity contribution in [1.29, 1.82) is 0 Å². The maximum atomic E-state index is 14.9. The van der Waals surface area contributed by atoms with E-state index in [1.54, 1.807) is 88.0 Å². The Labute approximate surface area is 853 Å². The second-order valence-corrected chi connectivity index (χ2v) is 41.3. The highest BCUT2D eigenvalue weighted by Crippen LogP contribution is 2.42. The minimum absolute atomic E-state index is 0.00928. The van der Waals surface area contributed by atoms with Crippen LogP contribution in [0.2, 0.25) is 10.3 Å². The molecular formula is C99H134Cl2F4I2N12O22. The zero-order chi connectivity index (χ0) is 105. The number of methoxy groups -OCH3 is 4. The molecule has 4 saturated heterocycles. The van der Waals surface area contributed by atoms with Crippen molar-refractivity contribution in [3.8, 4) is 23.5 Å². The molecule has 141 heavy (non-hydrogen) atoms. The fourth-order valence-electron chi connectivity index (χ4n) is 16.4. The molecule has 4 aromatic carbocycles. The number of amides is 3. The smallest absolute Gasteiger partial charge is 0.410 e. The summed E-state index contributed by atoms with van der Waals surface area (Å²) in [4.78, 5) is 137. The summed E-state index contributed by atoms with van der Waals surface area (Å²) in [6.07, 6.45) is 4.19. The standard InChI is InChI=1S/C27H37ClFN3O6.C27H38FN3O6.C18H22FN3O4.C18H31NO5.C9H6ClFN2O.I2/c1-26(2,3)37-24(34)16-14-32(25(35)38-27(4,5)6)13-12-15(16)8-11-19(33)20-17(29)9-10-18-21(20)31-23(36-7)22(28)30-18;1-26(2,3)36-24(33)17-15-31(25(34)37-27(4,5)6)13-12-16(17)8-11-20(32)22-18(28)9-10-19-23(22)30-21(35-7)14-29-19;1-26-15-9-21-13-4-3-12(19)16(17(13)22-15)14(23)5-2-10-6-7-20-8-11(10)18(24)25;1-17(2,3)23-15(21)14-12-19(16(22)24-18(4,5)6)10-9-13(14)8-7-11-20;1-14-9-8(10)12-6-3-2-5(11)4-7(6)13-9;1-2/h9-10,15-16,19,33H,8,11-14H2,1-7H3;9-10,14,16-17,20,32H,8,11-13,15H2,1-7H3;3-4,9-11,14,20,23H,2,5-8H2,1H3,(H,24,25);11,13-14H,7-10,12H2,1-6H3;2-4H,1H3;/t15-,16+,19?;16-,17+,20?;10-,11+,14?;13-,14+;;/m1111../s1. The molecular weight excluding hydrogens is 2110 g/mol. The van der Waals surface area contributed by atoms with Crippen LogP contribution < -0.4 is 24.3 Å². The molecule has 3 unspecified atom stereocenters. The molecule has 3 amide bonds. The quantitative estimate of drug-likeness (QED) is 0.0130. The van der Waals surface area contributed by atoms with Crippen LogP contribution in [0.1, 0.15) is 237 Å². The predicted molar refractivity (Wildman–Crippen MR) is 538 cm³/mol. The van der Waals surface area contributed by atoms with Gasteiger partial charge in [-0.25, -0.2) is 71.8 Å². The lowest BCUT2D eigenvalue weighted by Crippen LogP contribution is -2.49. The number of ether oxygens (including phenoxy) is 10. The second kappa shape index (κ2) is 52.8. The number of nitrogens with one attached hydrogen (secondary N) is 1. The lowest BCUT2D eigenvalue weighted by molar-refractivity contribution is -0.165. The van der Waals surface area contributed by atoms with Crippen molar-refractivity contribution in [2.75, 3.05) is 80.8 Å². The second-order valence-electron chi connectivity index (χ2n) is 40.6. The van der Waals surface area contributed by atoms with Crippen LogP contribution in [0.5, 0.6) is 23.5 Å². The summed E-state index contributed by atoms with van der Waals surface area (Å²) in [5, 5.41) is 45.3. The Kier molecular flexibility index (Phi) is 44.3. The minimum atomic E-state index is -1.22. The lowest BCUT2D eigenvalue weighted by Gasteiger charge is -2.39. The number of nitrogens with zero attached hydrogens (tertiary/aromatic N) is 11. The maximum Gasteiger partial charge on any atom is 0.410 e. The third kappa shape index (κ3) is 36.3. The summed E-state index contributed by atoms with van der Waals surface area (Å²) in [6.45, 7) is 35.3. The number of benzene rings is 4. The van der Waals surface area contributed by atoms with E-state index in [0.717, 1.165) is 19.3 Å². The number of carbonyl (C=O) groups excluding carboxylic acids is 7. The summed E-state index contributed by atoms with van der Waals surface area (Å²) in [5.41, 5.74) is -0.941. The first-order valence-electron chi connectivity index (χ1n) is 46.4. The monoisotopic (exact) mass is 2240 g/mol. The van der Waals surface area contributed by atoms with Crippen LogP contribution in [-0.4, -0.2) is 238 Å². The van der Waals surface area contributed by atoms with E-state index < -0.39 is 129 Å². The Hall–Kier alpha value is -9.60. The number of piperidine rings is 4. The van der Waals surface area contributed by atoms with Crippen molar-refractivity contribution >= 4 is 153 Å². The van der Waals surface area contributed by atoms with Gasteiger partial charge in [0.2, 0.25) is 11.8 Å². The van der Waals surface area contributed by atoms with Crippen LogP contribution >= 0.6 is 60.4 Å². The van der Waals surface area contributed by atoms with Gasteiger partial charge in [-0.15, -0.1) is 0 Å². The minimum Gasteiger partial charge on any atom is -0.481 e. The normalized spacial score (nSPS) is 19.1. The number of carbonyl (C=O) groups is 8. The number of hydrogen-bond donors (Lipinski definition) is 5. The van der Waals surface area contributed by atoms with Gasteiger partial charge in [-0.1, -0.05) is 23.2 Å². The number of aldehydes is 1. The van der Waals surface area contributed by atoms with Gasteiger partial charge in [0.05, 0.1) is 110 Å². The van der Waals surface area contributed by atoms with Gasteiger partial charge in [0.15, 0.2) is 10.3 Å². The van der Waals surface area contributed by atoms with E-state index in [4.69, 9.17) is 70.6 Å². The molecule has 11 atom stereocenters. The van der Waals surface area contributed by atoms with Gasteiger partial charge < -0.3 is 92.6 Å². The molecule has 42 heteroatoms. The Morgan fingerprint density at radius 1 is 0.433 bits per heavy atom. The first-order valence-corrected chi connectivity index (χ1v) is 53.5. The number of esters is 3. The van der Waals surface area contributed by atoms with Gasteiger partial charge in [0.1, 0.15) is 79.7 Å². The number of carboxylic acids is 1. The molecule has 0 saturated carbocycles. The Bertz CT molecular complexity index is 5590. The molecule has 778 valence electrons. The lowest BCUT2D eigenvalue weighted by atomic mass is 9.81. The fourth-order valence-corrected chi connectivity index (χ4v) is 16.8. The zero-order valence-corrected chi connectivity index (χ0v) is 89.8. The van der Waals surface area contributed by atoms with Gasteiger partial charge in [0, 0.05) is 112 Å². The predicted octanol–water partition coefficient (Wildman–Crippen LogP) is 19.5. The van der Waals surface area contributed by atoms with Gasteiger partial charge in [0.25, 0.3) is 11.8 Å². The molecule has 0 radical (unpaired) electrons. The third-order valence-corrected chi connectivity index (χ3v) is 23.3. The number of carboxylic acid groups (broad SMARTS) is 1. The number of hydrogen-bond acceptors (Lipinski definition) is 30. The molecule has 12 rings (SSSR count). The van der Waals surface area contributed by atoms with Crippen LogP contribution in [0.15, 0.2) is 67.0 Å². The molecule has 8 aromatic rings. The zero-order valence-electron chi connectivity index (χ0n) is 84.0. The van der Waals surface area contributed by atoms with E-state index >= 15 is 0 Å². The van der Waals surface area contributed by atoms with Crippen LogP contribution in [-0.2, 0) is 52.4 Å². The number of rotatable bonds is 23. The van der Waals surface area contributed by atoms with Crippen LogP contribution in [0, 0.1) is 70.6 Å². The van der Waals surface area contributed by atoms with Crippen molar-refractivity contribution in [3.05, 3.63) is 117 Å². The molecule has 8 heterocycles. The molecule has 4 aromatic heterocycles. The number of aliphatic carboxylic acids is 1. The maximum absolute atomic E-state index is 14.9. The average molecular weight is 2240 g/mol. The molecule has 0 spiro atoms. The van der Waals surface area contributed by atoms with E-state index in [-0.39, 0.29) is 141 Å². The summed E-state index contributed by atoms with van der Waals surface area (Å²) in [7, 11) is 5.68. The third-order valence-electron chi connectivity index (χ3n) is 22.8. The molecule has 4 aliphatic heterocycles. The number of aliphatic hydroxyl groups excluding tert-OH is 3. The number of fused-ring (bicyclic) bond motifs is 4. The SMILES string of the molecule is CC(C)(C)OC(=O)[C@H]1CN(C(=O)OC(C)(C)C)CC[C@H]1CCC=O.COc1cnc2ccc(F)c(C(O)CC[C@@H]3CCN(C(=O)OC(C)(C)C)C[C@@H]3C(=O)OC(C)(C)C)c2n1.COc1cnc2ccc(F)c(C(O)CC[C@@H]3CCNC[C@@H]3C(=O)O)c2n1.COc1nc2c(C(O)CC[C@@H]3CCN(C(=O)OC(C)(C)C)C[C@@H]3C(=O)OC(C)(C)C)c(F)ccc2nc1Cl.COc1nc2cc(F)ccc2nc1Cl.II. The van der Waals surface area contributed by atoms with Crippen LogP contribution in [0.4, 0.5) is 31.9 Å². The Morgan fingerprint density at radius 3 is 1.10 bits per heavy atom. The van der Waals surface area contributed by atoms with Crippen molar-refractivity contribution < 1.29 is 124 Å². The molecule has 5 N–H and O–H groups in total. The molecule has 4 fully saturated rings. The van der Waals surface area contributed by atoms with E-state index in [2.05, 4.69) is 82.4 Å². The van der Waals surface area contributed by atoms with Gasteiger partial charge in [-0.05, 0) is 274 Å². The largest absolute Gasteiger partial charge is 0.481 e. The van der Waals surface area contributed by atoms with Crippen LogP contribution in [0.3, 0.4) is 0 Å². The van der Waals surface area contributed by atoms with Crippen LogP contribution in [0.25, 0.3) is 44.1 Å². The van der Waals surface area contributed by atoms with Crippen molar-refractivity contribution in [3.63, 3.8) is 0 Å². The average Bonchev–Trinajstić information content (AvgIpc) is 0.785. The molecule has 0 bridgehead atoms. The highest BCUT2D eigenvalue weighted by atomic mass is 128. The topological polar surface area (TPSA) is 435 Å². The number of aromatic nitrogens is 8. The molecule has 34 nitrogen and oxygen atoms in total. The highest BCUT2D eigenvalue weighted by molar-refractivity contribution is 15.0.